The van der Waals surface area contributed by atoms with E-state index in [0.29, 0.717) is 35.6 Å². The number of hydrogen-bond donors (Lipinski definition) is 0. The molecule has 9 heteroatoms. The first-order chi connectivity index (χ1) is 16.3. The average Bonchev–Trinajstić information content (AvgIpc) is 3.33. The predicted octanol–water partition coefficient (Wildman–Crippen LogP) is 2.86. The van der Waals surface area contributed by atoms with Gasteiger partial charge in [0.15, 0.2) is 0 Å². The molecule has 2 aliphatic rings. The number of carbonyl (C=O) groups is 2. The van der Waals surface area contributed by atoms with Gasteiger partial charge in [0, 0.05) is 0 Å². The minimum atomic E-state index is -0.333. The molecule has 0 N–H and O–H groups in total. The first kappa shape index (κ1) is 27.6. The van der Waals surface area contributed by atoms with Gasteiger partial charge in [0.05, 0.1) is 33.9 Å². The van der Waals surface area contributed by atoms with Crippen LogP contribution in [0.15, 0.2) is 93.5 Å². The van der Waals surface area contributed by atoms with Crippen molar-refractivity contribution in [3.8, 4) is 0 Å². The largest absolute Gasteiger partial charge is 2.00 e. The Balaban J connectivity index is 0.000000240. The number of rotatable bonds is 4. The Morgan fingerprint density at radius 1 is 0.686 bits per heavy atom. The Morgan fingerprint density at radius 3 is 1.29 bits per heavy atom. The molecule has 2 aromatic carbocycles. The first-order valence-electron chi connectivity index (χ1n) is 11.0. The quantitative estimate of drug-likeness (QED) is 0.350. The fourth-order valence-corrected chi connectivity index (χ4v) is 3.50. The summed E-state index contributed by atoms with van der Waals surface area (Å²) >= 11 is 0. The third kappa shape index (κ3) is 5.88. The molecule has 0 fully saturated rings. The number of nitrogens with zero attached hydrogens (tertiary/aromatic N) is 4. The van der Waals surface area contributed by atoms with Crippen molar-refractivity contribution in [2.24, 2.45) is 10.2 Å². The normalized spacial score (nSPS) is 17.8. The fourth-order valence-electron chi connectivity index (χ4n) is 3.50. The van der Waals surface area contributed by atoms with Crippen molar-refractivity contribution in [1.29, 1.82) is 0 Å². The molecule has 1 radical (unpaired) electrons. The van der Waals surface area contributed by atoms with E-state index in [9.17, 15) is 19.8 Å². The summed E-state index contributed by atoms with van der Waals surface area (Å²) in [6.07, 6.45) is 0.632. The Bertz CT molecular complexity index is 1110. The molecule has 0 aromatic heterocycles. The summed E-state index contributed by atoms with van der Waals surface area (Å²) in [5.74, 6) is -0.981. The van der Waals surface area contributed by atoms with Crippen molar-refractivity contribution in [3.63, 3.8) is 0 Å². The molecule has 2 aliphatic heterocycles. The van der Waals surface area contributed by atoms with E-state index in [1.54, 1.807) is 52.0 Å². The van der Waals surface area contributed by atoms with E-state index >= 15 is 0 Å². The van der Waals surface area contributed by atoms with Gasteiger partial charge in [-0.1, -0.05) is 50.2 Å². The van der Waals surface area contributed by atoms with Gasteiger partial charge in [-0.15, -0.1) is 11.5 Å². The number of hydrogen-bond acceptors (Lipinski definition) is 6. The minimum Gasteiger partial charge on any atom is -0.875 e. The van der Waals surface area contributed by atoms with Crippen LogP contribution in [0.3, 0.4) is 0 Å². The number of amides is 2. The Labute approximate surface area is 215 Å². The zero-order valence-electron chi connectivity index (χ0n) is 19.9. The minimum absolute atomic E-state index is 0. The van der Waals surface area contributed by atoms with Crippen LogP contribution >= 0.6 is 0 Å². The van der Waals surface area contributed by atoms with Crippen LogP contribution in [0.1, 0.15) is 40.5 Å². The van der Waals surface area contributed by atoms with Crippen LogP contribution in [0.5, 0.6) is 0 Å². The Hall–Kier alpha value is -3.68. The topological polar surface area (TPSA) is 111 Å². The van der Waals surface area contributed by atoms with Crippen LogP contribution in [0.25, 0.3) is 0 Å². The molecule has 0 unspecified atom stereocenters. The zero-order valence-corrected chi connectivity index (χ0v) is 20.9. The van der Waals surface area contributed by atoms with Crippen LogP contribution in [0, 0.1) is 0 Å². The molecule has 0 aliphatic carbocycles. The number of benzene rings is 2. The second kappa shape index (κ2) is 12.1. The maximum atomic E-state index is 12.1. The molecule has 2 aromatic rings. The monoisotopic (exact) mass is 521 g/mol. The number of anilines is 2. The van der Waals surface area contributed by atoms with Crippen molar-refractivity contribution in [2.75, 3.05) is 10.0 Å². The fraction of sp³-hybridized carbons (Fsp3) is 0.231. The molecule has 35 heavy (non-hydrogen) atoms. The summed E-state index contributed by atoms with van der Waals surface area (Å²) in [7, 11) is 0. The molecule has 0 bridgehead atoms. The van der Waals surface area contributed by atoms with E-state index in [-0.39, 0.29) is 51.5 Å². The molecule has 0 saturated heterocycles. The van der Waals surface area contributed by atoms with E-state index in [0.717, 1.165) is 0 Å². The van der Waals surface area contributed by atoms with Crippen molar-refractivity contribution >= 4 is 34.6 Å². The first-order valence-corrected chi connectivity index (χ1v) is 11.0. The summed E-state index contributed by atoms with van der Waals surface area (Å²) in [6.45, 7) is 6.84. The van der Waals surface area contributed by atoms with Crippen molar-refractivity contribution < 1.29 is 36.9 Å². The van der Waals surface area contributed by atoms with Crippen LogP contribution in [-0.2, 0) is 26.7 Å². The maximum absolute atomic E-state index is 12.1. The molecule has 185 valence electrons. The van der Waals surface area contributed by atoms with Crippen LogP contribution in [-0.4, -0.2) is 23.2 Å². The van der Waals surface area contributed by atoms with Crippen LogP contribution < -0.4 is 20.2 Å². The van der Waals surface area contributed by atoms with Gasteiger partial charge in [-0.3, -0.25) is 9.59 Å². The van der Waals surface area contributed by atoms with Crippen molar-refractivity contribution in [3.05, 3.63) is 83.3 Å². The van der Waals surface area contributed by atoms with Crippen molar-refractivity contribution in [2.45, 2.75) is 40.5 Å². The second-order valence-electron chi connectivity index (χ2n) is 7.58. The number of carbonyl (C=O) groups excluding carboxylic acids is 2. The molecule has 0 saturated carbocycles. The molecule has 2 amide bonds. The van der Waals surface area contributed by atoms with Crippen LogP contribution in [0.4, 0.5) is 11.4 Å². The summed E-state index contributed by atoms with van der Waals surface area (Å²) in [6, 6.07) is 18.2. The third-order valence-corrected chi connectivity index (χ3v) is 5.24. The summed E-state index contributed by atoms with van der Waals surface area (Å²) in [5.41, 5.74) is 2.75. The van der Waals surface area contributed by atoms with E-state index in [4.69, 9.17) is 0 Å². The van der Waals surface area contributed by atoms with Gasteiger partial charge in [-0.25, -0.2) is 0 Å². The molecule has 0 spiro atoms. The van der Waals surface area contributed by atoms with Crippen LogP contribution in [0.2, 0.25) is 0 Å². The van der Waals surface area contributed by atoms with Gasteiger partial charge < -0.3 is 10.2 Å². The van der Waals surface area contributed by atoms with E-state index in [2.05, 4.69) is 10.2 Å². The van der Waals surface area contributed by atoms with Gasteiger partial charge >= 0.3 is 17.1 Å². The summed E-state index contributed by atoms with van der Waals surface area (Å²) < 4.78 is 0. The average molecular weight is 522 g/mol. The summed E-state index contributed by atoms with van der Waals surface area (Å²) in [4.78, 5) is 24.1. The predicted molar refractivity (Wildman–Crippen MR) is 129 cm³/mol. The van der Waals surface area contributed by atoms with E-state index in [1.807, 2.05) is 36.4 Å². The zero-order chi connectivity index (χ0) is 24.8. The molecular weight excluding hydrogens is 496 g/mol. The smallest absolute Gasteiger partial charge is 0.875 e. The van der Waals surface area contributed by atoms with Gasteiger partial charge in [-0.05, 0) is 51.0 Å². The Kier molecular flexibility index (Phi) is 9.57. The van der Waals surface area contributed by atoms with Crippen molar-refractivity contribution in [1.82, 2.24) is 0 Å². The standard InChI is InChI=1S/2C13H14N2O2.Cu/c2*1-3-11(16)12-9(2)14-15(13(12)17)10-7-5-4-6-8-10;/h2*4-8,16H,3H2,1-2H3;/q;;+2/p-2. The summed E-state index contributed by atoms with van der Waals surface area (Å²) in [5, 5.41) is 34.1. The molecule has 4 rings (SSSR count). The molecular formula is C26H26CuN4O4. The maximum Gasteiger partial charge on any atom is 2.00 e. The number of allylic oxidation sites excluding steroid dienone is 2. The van der Waals surface area contributed by atoms with E-state index < -0.39 is 0 Å². The number of hydrazone groups is 2. The Morgan fingerprint density at radius 2 is 1.00 bits per heavy atom. The van der Waals surface area contributed by atoms with Gasteiger partial charge in [0.25, 0.3) is 11.8 Å². The second-order valence-corrected chi connectivity index (χ2v) is 7.58. The van der Waals surface area contributed by atoms with E-state index in [1.165, 1.54) is 10.0 Å². The third-order valence-electron chi connectivity index (χ3n) is 5.24. The molecule has 0 atom stereocenters. The molecule has 2 heterocycles. The molecule has 8 nitrogen and oxygen atoms in total. The van der Waals surface area contributed by atoms with Gasteiger partial charge in [0.1, 0.15) is 0 Å². The van der Waals surface area contributed by atoms with Gasteiger partial charge in [-0.2, -0.15) is 20.2 Å². The number of para-hydroxylation sites is 2. The van der Waals surface area contributed by atoms with Gasteiger partial charge in [0.2, 0.25) is 0 Å². The SMILES string of the molecule is CCC([O-])=C1C(=O)N(c2ccccc2)N=C1C.CCC([O-])=C1C(=O)N(c2ccccc2)N=C1C.[Cu+2].